The van der Waals surface area contributed by atoms with Gasteiger partial charge in [-0.1, -0.05) is 31.2 Å². The fourth-order valence-electron chi connectivity index (χ4n) is 3.31. The lowest BCUT2D eigenvalue weighted by atomic mass is 10.1. The third kappa shape index (κ3) is 6.23. The highest BCUT2D eigenvalue weighted by atomic mass is 32.1. The van der Waals surface area contributed by atoms with Crippen molar-refractivity contribution in [2.75, 3.05) is 6.54 Å². The van der Waals surface area contributed by atoms with Gasteiger partial charge in [0.2, 0.25) is 5.91 Å². The van der Waals surface area contributed by atoms with Crippen LogP contribution >= 0.6 is 11.3 Å². The largest absolute Gasteiger partial charge is 0.332 e. The molecular weight excluding hydrogens is 430 g/mol. The van der Waals surface area contributed by atoms with Crippen molar-refractivity contribution in [2.45, 2.75) is 39.4 Å². The smallest absolute Gasteiger partial charge is 0.254 e. The monoisotopic (exact) mass is 456 g/mol. The zero-order valence-electron chi connectivity index (χ0n) is 18.1. The standard InChI is InChI=1S/C25H26F2N2O2S/c1-3-18(2)29(25(31)20-6-4-7-22(27)14-20)17-24(30)28(16-23-8-5-13-32-23)15-19-9-11-21(26)12-10-19/h4-14,18H,3,15-17H2,1-2H3. The lowest BCUT2D eigenvalue weighted by molar-refractivity contribution is -0.133. The van der Waals surface area contributed by atoms with Gasteiger partial charge in [-0.25, -0.2) is 8.78 Å². The highest BCUT2D eigenvalue weighted by Gasteiger charge is 2.26. The summed E-state index contributed by atoms with van der Waals surface area (Å²) < 4.78 is 27.0. The van der Waals surface area contributed by atoms with E-state index in [0.717, 1.165) is 10.4 Å². The van der Waals surface area contributed by atoms with E-state index in [1.54, 1.807) is 34.4 Å². The molecule has 0 aliphatic heterocycles. The van der Waals surface area contributed by atoms with Crippen molar-refractivity contribution < 1.29 is 18.4 Å². The van der Waals surface area contributed by atoms with Crippen molar-refractivity contribution in [3.63, 3.8) is 0 Å². The summed E-state index contributed by atoms with van der Waals surface area (Å²) in [6.45, 7) is 4.35. The van der Waals surface area contributed by atoms with E-state index in [-0.39, 0.29) is 35.8 Å². The highest BCUT2D eigenvalue weighted by molar-refractivity contribution is 7.09. The van der Waals surface area contributed by atoms with Crippen molar-refractivity contribution in [2.24, 2.45) is 0 Å². The zero-order chi connectivity index (χ0) is 23.1. The molecule has 0 N–H and O–H groups in total. The van der Waals surface area contributed by atoms with Gasteiger partial charge in [-0.2, -0.15) is 0 Å². The zero-order valence-corrected chi connectivity index (χ0v) is 18.9. The molecule has 7 heteroatoms. The first-order valence-electron chi connectivity index (χ1n) is 10.5. The molecule has 0 spiro atoms. The maximum absolute atomic E-state index is 13.7. The van der Waals surface area contributed by atoms with Gasteiger partial charge in [-0.15, -0.1) is 11.3 Å². The Hall–Kier alpha value is -3.06. The van der Waals surface area contributed by atoms with E-state index < -0.39 is 5.82 Å². The molecule has 1 aromatic heterocycles. The maximum Gasteiger partial charge on any atom is 0.254 e. The Kier molecular flexibility index (Phi) is 8.11. The van der Waals surface area contributed by atoms with Gasteiger partial charge >= 0.3 is 0 Å². The van der Waals surface area contributed by atoms with Gasteiger partial charge in [0.15, 0.2) is 0 Å². The molecule has 1 unspecified atom stereocenters. The Bertz CT molecular complexity index is 1040. The number of halogens is 2. The van der Waals surface area contributed by atoms with Crippen molar-refractivity contribution in [1.29, 1.82) is 0 Å². The molecule has 3 rings (SSSR count). The fraction of sp³-hybridized carbons (Fsp3) is 0.280. The van der Waals surface area contributed by atoms with Gasteiger partial charge in [0, 0.05) is 23.0 Å². The Morgan fingerprint density at radius 1 is 0.969 bits per heavy atom. The molecule has 0 aliphatic carbocycles. The number of benzene rings is 2. The highest BCUT2D eigenvalue weighted by Crippen LogP contribution is 2.18. The van der Waals surface area contributed by atoms with E-state index in [1.165, 1.54) is 35.2 Å². The van der Waals surface area contributed by atoms with Crippen LogP contribution in [0.1, 0.15) is 41.1 Å². The van der Waals surface area contributed by atoms with Crippen molar-refractivity contribution >= 4 is 23.2 Å². The molecule has 2 aromatic carbocycles. The minimum Gasteiger partial charge on any atom is -0.332 e. The molecule has 1 atom stereocenters. The van der Waals surface area contributed by atoms with Crippen LogP contribution in [0.25, 0.3) is 0 Å². The molecule has 32 heavy (non-hydrogen) atoms. The summed E-state index contributed by atoms with van der Waals surface area (Å²) >= 11 is 1.54. The predicted molar refractivity (Wildman–Crippen MR) is 122 cm³/mol. The van der Waals surface area contributed by atoms with Gasteiger partial charge in [0.05, 0.1) is 6.54 Å². The summed E-state index contributed by atoms with van der Waals surface area (Å²) in [4.78, 5) is 30.6. The molecule has 2 amide bonds. The van der Waals surface area contributed by atoms with Crippen LogP contribution in [0, 0.1) is 11.6 Å². The van der Waals surface area contributed by atoms with Crippen molar-refractivity contribution in [3.05, 3.63) is 93.7 Å². The molecule has 1 heterocycles. The van der Waals surface area contributed by atoms with E-state index in [9.17, 15) is 18.4 Å². The van der Waals surface area contributed by atoms with Gasteiger partial charge in [0.1, 0.15) is 18.2 Å². The van der Waals surface area contributed by atoms with Gasteiger partial charge in [0.25, 0.3) is 5.91 Å². The summed E-state index contributed by atoms with van der Waals surface area (Å²) in [7, 11) is 0. The summed E-state index contributed by atoms with van der Waals surface area (Å²) in [5, 5.41) is 1.94. The normalized spacial score (nSPS) is 11.8. The molecule has 0 saturated carbocycles. The molecule has 3 aromatic rings. The minimum absolute atomic E-state index is 0.128. The summed E-state index contributed by atoms with van der Waals surface area (Å²) in [5.41, 5.74) is 1.00. The van der Waals surface area contributed by atoms with Gasteiger partial charge < -0.3 is 9.80 Å². The Morgan fingerprint density at radius 2 is 1.72 bits per heavy atom. The number of hydrogen-bond acceptors (Lipinski definition) is 3. The number of carbonyl (C=O) groups excluding carboxylic acids is 2. The van der Waals surface area contributed by atoms with E-state index >= 15 is 0 Å². The topological polar surface area (TPSA) is 40.6 Å². The third-order valence-electron chi connectivity index (χ3n) is 5.33. The molecule has 0 fully saturated rings. The number of hydrogen-bond donors (Lipinski definition) is 0. The molecular formula is C25H26F2N2O2S. The molecule has 0 radical (unpaired) electrons. The first kappa shape index (κ1) is 23.6. The van der Waals surface area contributed by atoms with Crippen LogP contribution in [-0.2, 0) is 17.9 Å². The second kappa shape index (κ2) is 11.0. The van der Waals surface area contributed by atoms with Crippen molar-refractivity contribution in [1.82, 2.24) is 9.80 Å². The lowest BCUT2D eigenvalue weighted by Gasteiger charge is -2.31. The third-order valence-corrected chi connectivity index (χ3v) is 6.19. The summed E-state index contributed by atoms with van der Waals surface area (Å²) in [6, 6.07) is 15.2. The number of carbonyl (C=O) groups is 2. The van der Waals surface area contributed by atoms with Crippen molar-refractivity contribution in [3.8, 4) is 0 Å². The number of thiophene rings is 1. The molecule has 168 valence electrons. The van der Waals surface area contributed by atoms with E-state index in [1.807, 2.05) is 31.4 Å². The first-order valence-corrected chi connectivity index (χ1v) is 11.4. The average Bonchev–Trinajstić information content (AvgIpc) is 3.30. The predicted octanol–water partition coefficient (Wildman–Crippen LogP) is 5.50. The second-order valence-corrected chi connectivity index (χ2v) is 8.69. The van der Waals surface area contributed by atoms with Gasteiger partial charge in [-0.3, -0.25) is 9.59 Å². The summed E-state index contributed by atoms with van der Waals surface area (Å²) in [6.07, 6.45) is 0.650. The molecule has 0 bridgehead atoms. The Balaban J connectivity index is 1.83. The molecule has 0 aliphatic rings. The minimum atomic E-state index is -0.498. The fourth-order valence-corrected chi connectivity index (χ4v) is 4.03. The van der Waals surface area contributed by atoms with E-state index in [2.05, 4.69) is 0 Å². The number of nitrogens with zero attached hydrogens (tertiary/aromatic N) is 2. The van der Waals surface area contributed by atoms with Crippen LogP contribution in [0.4, 0.5) is 8.78 Å². The average molecular weight is 457 g/mol. The first-order chi connectivity index (χ1) is 15.4. The molecule has 4 nitrogen and oxygen atoms in total. The Labute approximate surface area is 191 Å². The van der Waals surface area contributed by atoms with E-state index in [0.29, 0.717) is 19.5 Å². The molecule has 0 saturated heterocycles. The van der Waals surface area contributed by atoms with Crippen LogP contribution in [-0.4, -0.2) is 34.2 Å². The van der Waals surface area contributed by atoms with Gasteiger partial charge in [-0.05, 0) is 60.7 Å². The quantitative estimate of drug-likeness (QED) is 0.427. The number of amides is 2. The van der Waals surface area contributed by atoms with Crippen LogP contribution in [0.2, 0.25) is 0 Å². The Morgan fingerprint density at radius 3 is 2.34 bits per heavy atom. The van der Waals surface area contributed by atoms with Crippen LogP contribution in [0.15, 0.2) is 66.0 Å². The van der Waals surface area contributed by atoms with Crippen LogP contribution in [0.3, 0.4) is 0 Å². The second-order valence-electron chi connectivity index (χ2n) is 7.66. The maximum atomic E-state index is 13.7. The number of rotatable bonds is 9. The summed E-state index contributed by atoms with van der Waals surface area (Å²) in [5.74, 6) is -1.45. The van der Waals surface area contributed by atoms with Crippen LogP contribution in [0.5, 0.6) is 0 Å². The SMILES string of the molecule is CCC(C)N(CC(=O)N(Cc1ccc(F)cc1)Cc1cccs1)C(=O)c1cccc(F)c1. The lowest BCUT2D eigenvalue weighted by Crippen LogP contribution is -2.46. The van der Waals surface area contributed by atoms with Crippen LogP contribution < -0.4 is 0 Å². The van der Waals surface area contributed by atoms with E-state index in [4.69, 9.17) is 0 Å².